The number of nitrogens with one attached hydrogen (secondary N) is 1. The molecule has 0 atom stereocenters. The lowest BCUT2D eigenvalue weighted by Crippen LogP contribution is -2.51. The Labute approximate surface area is 179 Å². The number of H-pyrrole nitrogens is 1. The smallest absolute Gasteiger partial charge is 0.0645 e. The highest BCUT2D eigenvalue weighted by Crippen LogP contribution is 2.38. The molecule has 0 saturated carbocycles. The zero-order valence-corrected chi connectivity index (χ0v) is 18.7. The van der Waals surface area contributed by atoms with Crippen LogP contribution < -0.4 is 0 Å². The molecular weight excluding hydrogens is 370 g/mol. The molecule has 30 heavy (non-hydrogen) atoms. The van der Waals surface area contributed by atoms with Crippen LogP contribution in [0.5, 0.6) is 0 Å². The van der Waals surface area contributed by atoms with Crippen LogP contribution >= 0.6 is 0 Å². The van der Waals surface area contributed by atoms with E-state index in [1.807, 2.05) is 0 Å². The number of likely N-dealkylation sites (tertiary alicyclic amines) is 1. The van der Waals surface area contributed by atoms with Crippen LogP contribution in [-0.2, 0) is 4.74 Å². The van der Waals surface area contributed by atoms with E-state index in [-0.39, 0.29) is 0 Å². The second kappa shape index (κ2) is 7.82. The molecule has 4 nitrogen and oxygen atoms in total. The number of aromatic nitrogens is 2. The molecule has 4 heterocycles. The Morgan fingerprint density at radius 1 is 1.03 bits per heavy atom. The second-order valence-corrected chi connectivity index (χ2v) is 9.51. The molecule has 3 aromatic rings. The van der Waals surface area contributed by atoms with Gasteiger partial charge in [0.2, 0.25) is 0 Å². The molecule has 4 heteroatoms. The molecule has 0 aliphatic carbocycles. The number of fused-ring (bicyclic) bond motifs is 1. The molecule has 0 bridgehead atoms. The summed E-state index contributed by atoms with van der Waals surface area (Å²) in [4.78, 5) is 10.9. The summed E-state index contributed by atoms with van der Waals surface area (Å²) in [5, 5.41) is 1.39. The van der Waals surface area contributed by atoms with Crippen LogP contribution in [0.25, 0.3) is 22.2 Å². The average molecular weight is 404 g/mol. The number of ether oxygens (including phenoxy) is 1. The van der Waals surface area contributed by atoms with E-state index in [4.69, 9.17) is 4.74 Å². The molecule has 1 aromatic carbocycles. The van der Waals surface area contributed by atoms with Gasteiger partial charge in [-0.05, 0) is 87.0 Å². The van der Waals surface area contributed by atoms with Gasteiger partial charge in [-0.25, -0.2) is 0 Å². The number of pyridine rings is 1. The van der Waals surface area contributed by atoms with Crippen molar-refractivity contribution in [2.45, 2.75) is 58.4 Å². The third-order valence-corrected chi connectivity index (χ3v) is 6.95. The van der Waals surface area contributed by atoms with E-state index >= 15 is 0 Å². The van der Waals surface area contributed by atoms with Crippen molar-refractivity contribution in [1.82, 2.24) is 14.9 Å². The third kappa shape index (κ3) is 3.57. The van der Waals surface area contributed by atoms with Gasteiger partial charge in [-0.2, -0.15) is 0 Å². The number of hydrogen-bond donors (Lipinski definition) is 1. The molecule has 0 radical (unpaired) electrons. The molecule has 2 fully saturated rings. The third-order valence-electron chi connectivity index (χ3n) is 6.95. The summed E-state index contributed by atoms with van der Waals surface area (Å²) in [5.41, 5.74) is 8.82. The van der Waals surface area contributed by atoms with Crippen molar-refractivity contribution < 1.29 is 4.74 Å². The number of nitrogens with zero attached hydrogens (tertiary/aromatic N) is 2. The Balaban J connectivity index is 1.49. The van der Waals surface area contributed by atoms with Gasteiger partial charge in [0.15, 0.2) is 0 Å². The minimum Gasteiger partial charge on any atom is -0.378 e. The highest BCUT2D eigenvalue weighted by molar-refractivity contribution is 5.92. The van der Waals surface area contributed by atoms with Crippen LogP contribution in [0, 0.1) is 13.8 Å². The van der Waals surface area contributed by atoms with E-state index < -0.39 is 0 Å². The largest absolute Gasteiger partial charge is 0.378 e. The summed E-state index contributed by atoms with van der Waals surface area (Å²) in [6.45, 7) is 13.0. The standard InChI is InChI=1S/C26H33N3O/c1-16(2)25-23-13-20(19-7-9-29(10-8-19)22-14-30-15-22)5-6-24(23)28-26(25)21-11-17(3)27-18(4)12-21/h5-6,11-13,16,19,22,28H,7-10,14-15H2,1-4H3. The van der Waals surface area contributed by atoms with E-state index in [2.05, 4.69) is 72.9 Å². The van der Waals surface area contributed by atoms with Gasteiger partial charge in [0.25, 0.3) is 0 Å². The van der Waals surface area contributed by atoms with E-state index in [9.17, 15) is 0 Å². The summed E-state index contributed by atoms with van der Waals surface area (Å²) >= 11 is 0. The maximum atomic E-state index is 5.39. The van der Waals surface area contributed by atoms with Gasteiger partial charge in [0, 0.05) is 27.9 Å². The van der Waals surface area contributed by atoms with Gasteiger partial charge in [0.1, 0.15) is 0 Å². The fraction of sp³-hybridized carbons (Fsp3) is 0.500. The number of rotatable bonds is 4. The summed E-state index contributed by atoms with van der Waals surface area (Å²) in [6.07, 6.45) is 2.50. The Morgan fingerprint density at radius 2 is 1.73 bits per heavy atom. The fourth-order valence-electron chi connectivity index (χ4n) is 5.32. The van der Waals surface area contributed by atoms with Crippen molar-refractivity contribution in [3.8, 4) is 11.3 Å². The Morgan fingerprint density at radius 3 is 2.33 bits per heavy atom. The zero-order valence-electron chi connectivity index (χ0n) is 18.7. The highest BCUT2D eigenvalue weighted by atomic mass is 16.5. The van der Waals surface area contributed by atoms with Crippen LogP contribution in [0.4, 0.5) is 0 Å². The van der Waals surface area contributed by atoms with Gasteiger partial charge >= 0.3 is 0 Å². The predicted octanol–water partition coefficient (Wildman–Crippen LogP) is 5.55. The minimum absolute atomic E-state index is 0.457. The summed E-state index contributed by atoms with van der Waals surface area (Å²) in [5.74, 6) is 1.12. The first-order chi connectivity index (χ1) is 14.5. The van der Waals surface area contributed by atoms with Crippen LogP contribution in [0.1, 0.15) is 61.0 Å². The van der Waals surface area contributed by atoms with Crippen molar-refractivity contribution in [3.63, 3.8) is 0 Å². The lowest BCUT2D eigenvalue weighted by atomic mass is 9.87. The topological polar surface area (TPSA) is 41.2 Å². The van der Waals surface area contributed by atoms with E-state index in [1.165, 1.54) is 59.2 Å². The summed E-state index contributed by atoms with van der Waals surface area (Å²) < 4.78 is 5.39. The molecule has 1 N–H and O–H groups in total. The molecule has 0 unspecified atom stereocenters. The number of aryl methyl sites for hydroxylation is 2. The average Bonchev–Trinajstić information content (AvgIpc) is 3.05. The van der Waals surface area contributed by atoms with E-state index in [0.29, 0.717) is 17.9 Å². The van der Waals surface area contributed by atoms with Gasteiger partial charge in [0.05, 0.1) is 24.9 Å². The van der Waals surface area contributed by atoms with Crippen LogP contribution in [0.2, 0.25) is 0 Å². The second-order valence-electron chi connectivity index (χ2n) is 9.51. The molecule has 2 aliphatic heterocycles. The number of hydrogen-bond acceptors (Lipinski definition) is 3. The Hall–Kier alpha value is -2.17. The van der Waals surface area contributed by atoms with Gasteiger partial charge < -0.3 is 9.72 Å². The van der Waals surface area contributed by atoms with Gasteiger partial charge in [-0.15, -0.1) is 0 Å². The monoisotopic (exact) mass is 403 g/mol. The van der Waals surface area contributed by atoms with E-state index in [0.717, 1.165) is 24.6 Å². The van der Waals surface area contributed by atoms with Crippen molar-refractivity contribution in [3.05, 3.63) is 52.8 Å². The van der Waals surface area contributed by atoms with Crippen molar-refractivity contribution in [2.75, 3.05) is 26.3 Å². The first-order valence-electron chi connectivity index (χ1n) is 11.4. The SMILES string of the molecule is Cc1cc(-c2[nH]c3ccc(C4CCN(C5COC5)CC4)cc3c2C(C)C)cc(C)n1. The van der Waals surface area contributed by atoms with Crippen molar-refractivity contribution in [1.29, 1.82) is 0 Å². The molecule has 2 saturated heterocycles. The lowest BCUT2D eigenvalue weighted by molar-refractivity contribution is -0.0712. The van der Waals surface area contributed by atoms with Gasteiger partial charge in [-0.1, -0.05) is 19.9 Å². The first kappa shape index (κ1) is 19.8. The van der Waals surface area contributed by atoms with E-state index in [1.54, 1.807) is 0 Å². The van der Waals surface area contributed by atoms with Crippen LogP contribution in [-0.4, -0.2) is 47.2 Å². The molecular formula is C26H33N3O. The summed E-state index contributed by atoms with van der Waals surface area (Å²) in [7, 11) is 0. The Bertz CT molecular complexity index is 1040. The van der Waals surface area contributed by atoms with Crippen molar-refractivity contribution in [2.24, 2.45) is 0 Å². The maximum absolute atomic E-state index is 5.39. The maximum Gasteiger partial charge on any atom is 0.0645 e. The predicted molar refractivity (Wildman–Crippen MR) is 123 cm³/mol. The molecule has 0 spiro atoms. The molecule has 158 valence electrons. The fourth-order valence-corrected chi connectivity index (χ4v) is 5.32. The normalized spacial score (nSPS) is 19.0. The highest BCUT2D eigenvalue weighted by Gasteiger charge is 2.30. The minimum atomic E-state index is 0.457. The number of benzene rings is 1. The van der Waals surface area contributed by atoms with Crippen LogP contribution in [0.15, 0.2) is 30.3 Å². The number of aromatic amines is 1. The summed E-state index contributed by atoms with van der Waals surface area (Å²) in [6, 6.07) is 12.2. The van der Waals surface area contributed by atoms with Crippen molar-refractivity contribution >= 4 is 10.9 Å². The zero-order chi connectivity index (χ0) is 20.8. The molecule has 5 rings (SSSR count). The van der Waals surface area contributed by atoms with Crippen LogP contribution in [0.3, 0.4) is 0 Å². The lowest BCUT2D eigenvalue weighted by Gasteiger charge is -2.41. The number of piperidine rings is 1. The Kier molecular flexibility index (Phi) is 5.16. The molecule has 2 aliphatic rings. The van der Waals surface area contributed by atoms with Gasteiger partial charge in [-0.3, -0.25) is 9.88 Å². The molecule has 2 aromatic heterocycles. The quantitative estimate of drug-likeness (QED) is 0.621. The molecule has 0 amide bonds. The first-order valence-corrected chi connectivity index (χ1v) is 11.4.